The van der Waals surface area contributed by atoms with Crippen molar-refractivity contribution in [3.05, 3.63) is 0 Å². The molecule has 3 heteroatoms. The van der Waals surface area contributed by atoms with Crippen LogP contribution in [0.4, 0.5) is 0 Å². The molecule has 3 nitrogen and oxygen atoms in total. The molecular formula is C12H26N2O. The third kappa shape index (κ3) is 4.96. The second-order valence-corrected chi connectivity index (χ2v) is 5.09. The Bertz CT molecular complexity index is 167. The number of aliphatic hydroxyl groups excluding tert-OH is 1. The zero-order chi connectivity index (χ0) is 11.3. The fourth-order valence-electron chi connectivity index (χ4n) is 2.26. The summed E-state index contributed by atoms with van der Waals surface area (Å²) in [4.78, 5) is 2.32. The molecule has 0 aliphatic heterocycles. The highest BCUT2D eigenvalue weighted by Crippen LogP contribution is 2.22. The van der Waals surface area contributed by atoms with Gasteiger partial charge in [-0.1, -0.05) is 26.7 Å². The van der Waals surface area contributed by atoms with Crippen LogP contribution in [0.1, 0.15) is 39.5 Å². The summed E-state index contributed by atoms with van der Waals surface area (Å²) >= 11 is 0. The summed E-state index contributed by atoms with van der Waals surface area (Å²) in [5.74, 6) is 0. The number of nitrogens with one attached hydrogen (secondary N) is 1. The lowest BCUT2D eigenvalue weighted by Gasteiger charge is -2.26. The van der Waals surface area contributed by atoms with Crippen LogP contribution in [0, 0.1) is 0 Å². The summed E-state index contributed by atoms with van der Waals surface area (Å²) in [6.45, 7) is 5.71. The Morgan fingerprint density at radius 1 is 1.33 bits per heavy atom. The molecule has 1 aliphatic rings. The molecule has 0 aromatic rings. The molecule has 0 bridgehead atoms. The van der Waals surface area contributed by atoms with Crippen molar-refractivity contribution in [2.45, 2.75) is 57.7 Å². The van der Waals surface area contributed by atoms with E-state index in [4.69, 9.17) is 0 Å². The van der Waals surface area contributed by atoms with Crippen molar-refractivity contribution in [2.24, 2.45) is 0 Å². The van der Waals surface area contributed by atoms with Crippen molar-refractivity contribution in [2.75, 3.05) is 20.1 Å². The quantitative estimate of drug-likeness (QED) is 0.698. The van der Waals surface area contributed by atoms with Crippen LogP contribution < -0.4 is 5.32 Å². The normalized spacial score (nSPS) is 20.4. The van der Waals surface area contributed by atoms with Gasteiger partial charge >= 0.3 is 0 Å². The number of hydrogen-bond donors (Lipinski definition) is 2. The van der Waals surface area contributed by atoms with Gasteiger partial charge < -0.3 is 15.3 Å². The standard InChI is InChI=1S/C12H26N2O/c1-10(2)13-8-12(15)9-14(3)11-6-4-5-7-11/h10-13,15H,4-9H2,1-3H3. The predicted molar refractivity (Wildman–Crippen MR) is 64.0 cm³/mol. The van der Waals surface area contributed by atoms with Crippen LogP contribution in [-0.4, -0.2) is 48.3 Å². The Labute approximate surface area is 93.9 Å². The Morgan fingerprint density at radius 3 is 2.47 bits per heavy atom. The fourth-order valence-corrected chi connectivity index (χ4v) is 2.26. The van der Waals surface area contributed by atoms with Crippen molar-refractivity contribution >= 4 is 0 Å². The van der Waals surface area contributed by atoms with Crippen molar-refractivity contribution in [1.29, 1.82) is 0 Å². The van der Waals surface area contributed by atoms with Crippen molar-refractivity contribution < 1.29 is 5.11 Å². The molecule has 15 heavy (non-hydrogen) atoms. The second-order valence-electron chi connectivity index (χ2n) is 5.09. The minimum Gasteiger partial charge on any atom is -0.390 e. The molecule has 1 unspecified atom stereocenters. The molecule has 1 fully saturated rings. The van der Waals surface area contributed by atoms with Gasteiger partial charge in [0.05, 0.1) is 6.10 Å². The van der Waals surface area contributed by atoms with E-state index in [1.54, 1.807) is 0 Å². The summed E-state index contributed by atoms with van der Waals surface area (Å²) in [6, 6.07) is 1.16. The molecule has 90 valence electrons. The lowest BCUT2D eigenvalue weighted by atomic mass is 10.2. The van der Waals surface area contributed by atoms with E-state index in [-0.39, 0.29) is 6.10 Å². The Kier molecular flexibility index (Phi) is 5.58. The first-order chi connectivity index (χ1) is 7.09. The smallest absolute Gasteiger partial charge is 0.0791 e. The molecule has 0 amide bonds. The third-order valence-electron chi connectivity index (χ3n) is 3.21. The zero-order valence-electron chi connectivity index (χ0n) is 10.4. The van der Waals surface area contributed by atoms with Crippen molar-refractivity contribution in [1.82, 2.24) is 10.2 Å². The molecule has 0 aromatic carbocycles. The first-order valence-corrected chi connectivity index (χ1v) is 6.21. The van der Waals surface area contributed by atoms with E-state index in [0.29, 0.717) is 18.6 Å². The molecule has 0 aromatic heterocycles. The summed E-state index contributed by atoms with van der Waals surface area (Å²) in [6.07, 6.45) is 5.09. The van der Waals surface area contributed by atoms with E-state index >= 15 is 0 Å². The van der Waals surface area contributed by atoms with Crippen LogP contribution in [0.5, 0.6) is 0 Å². The maximum atomic E-state index is 9.82. The van der Waals surface area contributed by atoms with Crippen LogP contribution in [0.3, 0.4) is 0 Å². The molecule has 1 saturated carbocycles. The average Bonchev–Trinajstić information content (AvgIpc) is 2.67. The summed E-state index contributed by atoms with van der Waals surface area (Å²) in [7, 11) is 2.13. The largest absolute Gasteiger partial charge is 0.390 e. The van der Waals surface area contributed by atoms with Crippen LogP contribution in [0.25, 0.3) is 0 Å². The Hall–Kier alpha value is -0.120. The number of hydrogen-bond acceptors (Lipinski definition) is 3. The van der Waals surface area contributed by atoms with Gasteiger partial charge in [0.1, 0.15) is 0 Å². The van der Waals surface area contributed by atoms with Gasteiger partial charge in [0.2, 0.25) is 0 Å². The van der Waals surface area contributed by atoms with E-state index in [1.165, 1.54) is 25.7 Å². The highest BCUT2D eigenvalue weighted by Gasteiger charge is 2.21. The summed E-state index contributed by atoms with van der Waals surface area (Å²) in [5, 5.41) is 13.1. The van der Waals surface area contributed by atoms with Gasteiger partial charge in [-0.25, -0.2) is 0 Å². The third-order valence-corrected chi connectivity index (χ3v) is 3.21. The van der Waals surface area contributed by atoms with Crippen molar-refractivity contribution in [3.63, 3.8) is 0 Å². The van der Waals surface area contributed by atoms with E-state index in [9.17, 15) is 5.11 Å². The first-order valence-electron chi connectivity index (χ1n) is 6.21. The number of rotatable bonds is 6. The highest BCUT2D eigenvalue weighted by molar-refractivity contribution is 4.77. The lowest BCUT2D eigenvalue weighted by molar-refractivity contribution is 0.102. The molecule has 2 N–H and O–H groups in total. The Morgan fingerprint density at radius 2 is 1.93 bits per heavy atom. The monoisotopic (exact) mass is 214 g/mol. The summed E-state index contributed by atoms with van der Waals surface area (Å²) < 4.78 is 0. The molecule has 0 saturated heterocycles. The maximum absolute atomic E-state index is 9.82. The van der Waals surface area contributed by atoms with Gasteiger partial charge in [0, 0.05) is 25.2 Å². The average molecular weight is 214 g/mol. The lowest BCUT2D eigenvalue weighted by Crippen LogP contribution is -2.41. The number of likely N-dealkylation sites (N-methyl/N-ethyl adjacent to an activating group) is 1. The van der Waals surface area contributed by atoms with Gasteiger partial charge in [-0.2, -0.15) is 0 Å². The molecule has 1 aliphatic carbocycles. The SMILES string of the molecule is CC(C)NCC(O)CN(C)C1CCCC1. The van der Waals surface area contributed by atoms with Gasteiger partial charge in [0.25, 0.3) is 0 Å². The van der Waals surface area contributed by atoms with Crippen LogP contribution >= 0.6 is 0 Å². The van der Waals surface area contributed by atoms with Crippen molar-refractivity contribution in [3.8, 4) is 0 Å². The zero-order valence-corrected chi connectivity index (χ0v) is 10.4. The summed E-state index contributed by atoms with van der Waals surface area (Å²) in [5.41, 5.74) is 0. The van der Waals surface area contributed by atoms with Gasteiger partial charge in [-0.3, -0.25) is 0 Å². The van der Waals surface area contributed by atoms with E-state index in [1.807, 2.05) is 0 Å². The predicted octanol–water partition coefficient (Wildman–Crippen LogP) is 1.22. The minimum atomic E-state index is -0.238. The minimum absolute atomic E-state index is 0.238. The molecule has 0 spiro atoms. The molecule has 1 rings (SSSR count). The molecule has 0 radical (unpaired) electrons. The highest BCUT2D eigenvalue weighted by atomic mass is 16.3. The first kappa shape index (κ1) is 12.9. The number of aliphatic hydroxyl groups is 1. The van der Waals surface area contributed by atoms with Crippen LogP contribution in [0.2, 0.25) is 0 Å². The number of nitrogens with zero attached hydrogens (tertiary/aromatic N) is 1. The van der Waals surface area contributed by atoms with Gasteiger partial charge in [-0.05, 0) is 19.9 Å². The second kappa shape index (κ2) is 6.46. The molecular weight excluding hydrogens is 188 g/mol. The van der Waals surface area contributed by atoms with Gasteiger partial charge in [-0.15, -0.1) is 0 Å². The van der Waals surface area contributed by atoms with E-state index in [2.05, 4.69) is 31.1 Å². The van der Waals surface area contributed by atoms with Crippen LogP contribution in [-0.2, 0) is 0 Å². The molecule has 1 atom stereocenters. The maximum Gasteiger partial charge on any atom is 0.0791 e. The van der Waals surface area contributed by atoms with E-state index in [0.717, 1.165) is 6.54 Å². The van der Waals surface area contributed by atoms with Crippen LogP contribution in [0.15, 0.2) is 0 Å². The topological polar surface area (TPSA) is 35.5 Å². The van der Waals surface area contributed by atoms with Gasteiger partial charge in [0.15, 0.2) is 0 Å². The molecule has 0 heterocycles. The Balaban J connectivity index is 2.15. The van der Waals surface area contributed by atoms with E-state index < -0.39 is 0 Å². The fraction of sp³-hybridized carbons (Fsp3) is 1.00.